The van der Waals surface area contributed by atoms with Gasteiger partial charge in [-0.2, -0.15) is 4.98 Å². The van der Waals surface area contributed by atoms with Gasteiger partial charge in [0, 0.05) is 29.3 Å². The van der Waals surface area contributed by atoms with Gasteiger partial charge in [-0.1, -0.05) is 17.9 Å². The van der Waals surface area contributed by atoms with Crippen LogP contribution in [-0.2, 0) is 6.42 Å². The molecule has 1 fully saturated rings. The molecule has 7 heteroatoms. The van der Waals surface area contributed by atoms with Gasteiger partial charge in [0.05, 0.1) is 10.9 Å². The lowest BCUT2D eigenvalue weighted by Crippen LogP contribution is -2.33. The van der Waals surface area contributed by atoms with E-state index < -0.39 is 11.6 Å². The molecule has 3 aromatic rings. The highest BCUT2D eigenvalue weighted by molar-refractivity contribution is 5.98. The van der Waals surface area contributed by atoms with Gasteiger partial charge >= 0.3 is 0 Å². The van der Waals surface area contributed by atoms with Crippen LogP contribution < -0.4 is 10.5 Å². The van der Waals surface area contributed by atoms with Crippen molar-refractivity contribution in [3.8, 4) is 11.8 Å². The minimum absolute atomic E-state index is 0.0331. The lowest BCUT2D eigenvalue weighted by atomic mass is 9.95. The van der Waals surface area contributed by atoms with E-state index in [1.807, 2.05) is 23.1 Å². The first-order valence-electron chi connectivity index (χ1n) is 10.7. The molecule has 0 atom stereocenters. The van der Waals surface area contributed by atoms with E-state index in [0.717, 1.165) is 59.2 Å². The molecule has 2 aliphatic rings. The summed E-state index contributed by atoms with van der Waals surface area (Å²) in [7, 11) is 0. The van der Waals surface area contributed by atoms with E-state index in [-0.39, 0.29) is 33.6 Å². The van der Waals surface area contributed by atoms with Crippen LogP contribution in [0.1, 0.15) is 44.2 Å². The van der Waals surface area contributed by atoms with Gasteiger partial charge in [-0.25, -0.2) is 8.78 Å². The summed E-state index contributed by atoms with van der Waals surface area (Å²) in [5, 5.41) is 16.5. The first-order chi connectivity index (χ1) is 15.3. The summed E-state index contributed by atoms with van der Waals surface area (Å²) in [6, 6.07) is 7.88. The van der Waals surface area contributed by atoms with Crippen LogP contribution >= 0.6 is 0 Å². The number of fused-ring (bicyclic) bond motifs is 2. The highest BCUT2D eigenvalue weighted by Crippen LogP contribution is 2.44. The van der Waals surface area contributed by atoms with Crippen molar-refractivity contribution in [1.29, 1.82) is 10.8 Å². The molecule has 0 amide bonds. The Bertz CT molecular complexity index is 1410. The van der Waals surface area contributed by atoms with Crippen molar-refractivity contribution < 1.29 is 8.78 Å². The van der Waals surface area contributed by atoms with E-state index in [1.165, 1.54) is 6.92 Å². The third kappa shape index (κ3) is 3.36. The number of nitrogens with one attached hydrogen (secondary N) is 2. The number of hydrogen-bond acceptors (Lipinski definition) is 4. The maximum absolute atomic E-state index is 15.1. The Balaban J connectivity index is 1.73. The fraction of sp³-hybridized carbons (Fsp3) is 0.320. The third-order valence-corrected chi connectivity index (χ3v) is 6.26. The van der Waals surface area contributed by atoms with Crippen molar-refractivity contribution >= 4 is 28.2 Å². The standard InChI is InChI=1S/C25H23F2N5/c1-15(28)32-21-14-17(26)13-19(27)22(21)23(30-24(32)29)31-12-4-6-18-16(5-3-7-20(18)31)8-9-25(2)10-11-25/h3,5,7,13-14,28-29H,4,6,10-12H2,1-2H3. The molecular weight excluding hydrogens is 408 g/mol. The van der Waals surface area contributed by atoms with Crippen LogP contribution in [0.5, 0.6) is 0 Å². The Kier molecular flexibility index (Phi) is 4.63. The molecule has 2 heterocycles. The monoisotopic (exact) mass is 431 g/mol. The van der Waals surface area contributed by atoms with Crippen LogP contribution in [0.15, 0.2) is 30.3 Å². The second-order valence-electron chi connectivity index (χ2n) is 8.83. The average molecular weight is 431 g/mol. The van der Waals surface area contributed by atoms with Gasteiger partial charge in [-0.15, -0.1) is 0 Å². The van der Waals surface area contributed by atoms with Crippen LogP contribution in [0, 0.1) is 39.7 Å². The summed E-state index contributed by atoms with van der Waals surface area (Å²) in [5.74, 6) is 5.45. The molecule has 2 N–H and O–H groups in total. The van der Waals surface area contributed by atoms with Gasteiger partial charge in [0.2, 0.25) is 5.62 Å². The number of rotatable bonds is 1. The fourth-order valence-corrected chi connectivity index (χ4v) is 4.31. The van der Waals surface area contributed by atoms with Crippen molar-refractivity contribution in [1.82, 2.24) is 9.55 Å². The van der Waals surface area contributed by atoms with Crippen LogP contribution in [-0.4, -0.2) is 21.9 Å². The number of hydrogen-bond donors (Lipinski definition) is 2. The zero-order valence-corrected chi connectivity index (χ0v) is 18.0. The third-order valence-electron chi connectivity index (χ3n) is 6.26. The Morgan fingerprint density at radius 1 is 1.22 bits per heavy atom. The van der Waals surface area contributed by atoms with Gasteiger partial charge in [0.1, 0.15) is 23.3 Å². The van der Waals surface area contributed by atoms with Crippen molar-refractivity contribution in [3.63, 3.8) is 0 Å². The van der Waals surface area contributed by atoms with Gasteiger partial charge in [0.15, 0.2) is 0 Å². The SMILES string of the molecule is CC(=N)n1c(=N)nc(N2CCCc3c(C#CC4(C)CC4)cccc32)c2c(F)cc(F)cc21. The molecular formula is C25H23F2N5. The van der Waals surface area contributed by atoms with Crippen LogP contribution in [0.4, 0.5) is 20.3 Å². The van der Waals surface area contributed by atoms with Gasteiger partial charge in [-0.05, 0) is 63.3 Å². The van der Waals surface area contributed by atoms with Crippen molar-refractivity contribution in [3.05, 3.63) is 58.7 Å². The molecule has 1 saturated carbocycles. The van der Waals surface area contributed by atoms with E-state index in [9.17, 15) is 4.39 Å². The van der Waals surface area contributed by atoms with Crippen LogP contribution in [0.2, 0.25) is 0 Å². The first-order valence-corrected chi connectivity index (χ1v) is 10.7. The molecule has 2 aromatic carbocycles. The number of benzene rings is 2. The van der Waals surface area contributed by atoms with Crippen LogP contribution in [0.3, 0.4) is 0 Å². The minimum atomic E-state index is -0.762. The highest BCUT2D eigenvalue weighted by Gasteiger charge is 2.35. The maximum Gasteiger partial charge on any atom is 0.230 e. The summed E-state index contributed by atoms with van der Waals surface area (Å²) in [6.07, 6.45) is 3.91. The van der Waals surface area contributed by atoms with Crippen molar-refractivity contribution in [2.24, 2.45) is 5.41 Å². The smallest absolute Gasteiger partial charge is 0.230 e. The van der Waals surface area contributed by atoms with E-state index in [2.05, 4.69) is 23.7 Å². The first kappa shape index (κ1) is 20.4. The predicted molar refractivity (Wildman–Crippen MR) is 120 cm³/mol. The maximum atomic E-state index is 15.1. The molecule has 32 heavy (non-hydrogen) atoms. The van der Waals surface area contributed by atoms with Gasteiger partial charge in [0.25, 0.3) is 0 Å². The second-order valence-corrected chi connectivity index (χ2v) is 8.83. The molecule has 5 nitrogen and oxygen atoms in total. The molecule has 0 spiro atoms. The minimum Gasteiger partial charge on any atom is -0.325 e. The zero-order valence-electron chi connectivity index (χ0n) is 18.0. The summed E-state index contributed by atoms with van der Waals surface area (Å²) < 4.78 is 30.3. The highest BCUT2D eigenvalue weighted by atomic mass is 19.1. The molecule has 1 aromatic heterocycles. The Morgan fingerprint density at radius 3 is 2.72 bits per heavy atom. The van der Waals surface area contributed by atoms with Gasteiger partial charge in [-0.3, -0.25) is 15.4 Å². The molecule has 0 radical (unpaired) electrons. The summed E-state index contributed by atoms with van der Waals surface area (Å²) in [6.45, 7) is 4.22. The molecule has 1 aliphatic carbocycles. The van der Waals surface area contributed by atoms with Crippen LogP contribution in [0.25, 0.3) is 10.9 Å². The van der Waals surface area contributed by atoms with E-state index in [0.29, 0.717) is 6.54 Å². The fourth-order valence-electron chi connectivity index (χ4n) is 4.31. The summed E-state index contributed by atoms with van der Waals surface area (Å²) in [4.78, 5) is 6.27. The molecule has 162 valence electrons. The van der Waals surface area contributed by atoms with E-state index in [1.54, 1.807) is 0 Å². The molecule has 5 rings (SSSR count). The van der Waals surface area contributed by atoms with Gasteiger partial charge < -0.3 is 4.90 Å². The van der Waals surface area contributed by atoms with E-state index in [4.69, 9.17) is 10.8 Å². The summed E-state index contributed by atoms with van der Waals surface area (Å²) >= 11 is 0. The van der Waals surface area contributed by atoms with Crippen molar-refractivity contribution in [2.45, 2.75) is 39.5 Å². The number of aromatic nitrogens is 2. The zero-order chi connectivity index (χ0) is 22.6. The largest absolute Gasteiger partial charge is 0.325 e. The molecule has 0 unspecified atom stereocenters. The molecule has 1 aliphatic heterocycles. The lowest BCUT2D eigenvalue weighted by molar-refractivity contribution is 0.590. The second kappa shape index (κ2) is 7.27. The average Bonchev–Trinajstić information content (AvgIpc) is 3.48. The number of nitrogens with zero attached hydrogens (tertiary/aromatic N) is 3. The number of anilines is 2. The molecule has 0 bridgehead atoms. The predicted octanol–water partition coefficient (Wildman–Crippen LogP) is 4.88. The Morgan fingerprint density at radius 2 is 2.00 bits per heavy atom. The number of halogens is 2. The summed E-state index contributed by atoms with van der Waals surface area (Å²) in [5.41, 5.74) is 2.91. The Hall–Kier alpha value is -3.53. The topological polar surface area (TPSA) is 68.8 Å². The lowest BCUT2D eigenvalue weighted by Gasteiger charge is -2.32. The Labute approximate surface area is 184 Å². The molecule has 0 saturated heterocycles. The quantitative estimate of drug-likeness (QED) is 0.328. The normalized spacial score (nSPS) is 16.3. The van der Waals surface area contributed by atoms with Crippen molar-refractivity contribution in [2.75, 3.05) is 11.4 Å². The van der Waals surface area contributed by atoms with E-state index >= 15 is 4.39 Å².